The molecule has 2 aliphatic rings. The lowest BCUT2D eigenvalue weighted by atomic mass is 9.91. The lowest BCUT2D eigenvalue weighted by Gasteiger charge is -2.28. The van der Waals surface area contributed by atoms with Gasteiger partial charge in [-0.3, -0.25) is 14.4 Å². The van der Waals surface area contributed by atoms with E-state index in [2.05, 4.69) is 15.6 Å². The van der Waals surface area contributed by atoms with Gasteiger partial charge in [0, 0.05) is 48.0 Å². The number of carbonyl (C=O) groups excluding carboxylic acids is 3. The highest BCUT2D eigenvalue weighted by Crippen LogP contribution is 2.29. The maximum absolute atomic E-state index is 13.3. The Morgan fingerprint density at radius 3 is 2.68 bits per heavy atom. The number of para-hydroxylation sites is 1. The Labute approximate surface area is 179 Å². The van der Waals surface area contributed by atoms with E-state index >= 15 is 0 Å². The summed E-state index contributed by atoms with van der Waals surface area (Å²) in [5, 5.41) is 6.94. The van der Waals surface area contributed by atoms with Crippen LogP contribution in [0.3, 0.4) is 0 Å². The Bertz CT molecular complexity index is 1180. The van der Waals surface area contributed by atoms with E-state index in [4.69, 9.17) is 0 Å². The van der Waals surface area contributed by atoms with Crippen molar-refractivity contribution in [2.45, 2.75) is 19.3 Å². The van der Waals surface area contributed by atoms with Gasteiger partial charge in [-0.1, -0.05) is 12.1 Å². The number of aromatic amines is 1. The molecule has 2 amide bonds. The number of rotatable bonds is 3. The van der Waals surface area contributed by atoms with Crippen molar-refractivity contribution < 1.29 is 14.4 Å². The van der Waals surface area contributed by atoms with Crippen LogP contribution in [0.25, 0.3) is 10.9 Å². The van der Waals surface area contributed by atoms with Gasteiger partial charge < -0.3 is 20.5 Å². The molecule has 1 unspecified atom stereocenters. The Morgan fingerprint density at radius 2 is 1.84 bits per heavy atom. The summed E-state index contributed by atoms with van der Waals surface area (Å²) in [4.78, 5) is 44.2. The number of anilines is 2. The van der Waals surface area contributed by atoms with Crippen LogP contribution in [-0.4, -0.2) is 47.1 Å². The topological polar surface area (TPSA) is 94.3 Å². The second kappa shape index (κ2) is 7.91. The van der Waals surface area contributed by atoms with E-state index in [0.717, 1.165) is 48.9 Å². The molecule has 31 heavy (non-hydrogen) atoms. The van der Waals surface area contributed by atoms with E-state index in [1.165, 1.54) is 0 Å². The second-order valence-electron chi connectivity index (χ2n) is 8.15. The monoisotopic (exact) mass is 416 g/mol. The molecular weight excluding hydrogens is 392 g/mol. The van der Waals surface area contributed by atoms with Crippen molar-refractivity contribution in [2.24, 2.45) is 5.92 Å². The maximum Gasteiger partial charge on any atom is 0.255 e. The van der Waals surface area contributed by atoms with Crippen LogP contribution in [0, 0.1) is 5.92 Å². The van der Waals surface area contributed by atoms with Crippen LogP contribution < -0.4 is 10.6 Å². The predicted molar refractivity (Wildman–Crippen MR) is 119 cm³/mol. The molecule has 0 radical (unpaired) electrons. The molecule has 3 aromatic rings. The molecule has 7 nitrogen and oxygen atoms in total. The van der Waals surface area contributed by atoms with E-state index in [9.17, 15) is 14.4 Å². The quantitative estimate of drug-likeness (QED) is 0.568. The van der Waals surface area contributed by atoms with Crippen LogP contribution in [0.2, 0.25) is 0 Å². The second-order valence-corrected chi connectivity index (χ2v) is 8.15. The summed E-state index contributed by atoms with van der Waals surface area (Å²) < 4.78 is 0. The number of hydrogen-bond acceptors (Lipinski definition) is 4. The van der Waals surface area contributed by atoms with Crippen molar-refractivity contribution in [1.29, 1.82) is 0 Å². The third-order valence-electron chi connectivity index (χ3n) is 6.15. The molecule has 5 rings (SSSR count). The van der Waals surface area contributed by atoms with E-state index in [1.54, 1.807) is 24.4 Å². The number of hydrogen-bond donors (Lipinski definition) is 3. The minimum Gasteiger partial charge on any atom is -0.383 e. The Morgan fingerprint density at radius 1 is 1.03 bits per heavy atom. The number of H-pyrrole nitrogens is 1. The lowest BCUT2D eigenvalue weighted by Crippen LogP contribution is -2.39. The minimum atomic E-state index is -0.854. The van der Waals surface area contributed by atoms with E-state index in [-0.39, 0.29) is 18.2 Å². The van der Waals surface area contributed by atoms with Gasteiger partial charge in [-0.05, 0) is 49.6 Å². The number of carbonyl (C=O) groups is 3. The third-order valence-corrected chi connectivity index (χ3v) is 6.15. The highest BCUT2D eigenvalue weighted by Gasteiger charge is 2.33. The number of likely N-dealkylation sites (tertiary alicyclic amines) is 1. The van der Waals surface area contributed by atoms with Crippen LogP contribution in [0.4, 0.5) is 11.4 Å². The van der Waals surface area contributed by atoms with Gasteiger partial charge in [-0.15, -0.1) is 0 Å². The van der Waals surface area contributed by atoms with Crippen LogP contribution in [-0.2, 0) is 4.79 Å². The maximum atomic E-state index is 13.3. The average molecular weight is 416 g/mol. The first-order valence-electron chi connectivity index (χ1n) is 10.7. The van der Waals surface area contributed by atoms with Crippen LogP contribution >= 0.6 is 0 Å². The van der Waals surface area contributed by atoms with Gasteiger partial charge in [-0.2, -0.15) is 0 Å². The van der Waals surface area contributed by atoms with Crippen molar-refractivity contribution in [1.82, 2.24) is 9.88 Å². The smallest absolute Gasteiger partial charge is 0.255 e. The number of nitrogens with zero attached hydrogens (tertiary/aromatic N) is 1. The SMILES string of the molecule is O=C(Nc1cc2[nH]ccc2cc1C(=O)N1CCCCC1)C1CNc2ccccc2C1=O. The van der Waals surface area contributed by atoms with Crippen LogP contribution in [0.15, 0.2) is 48.7 Å². The van der Waals surface area contributed by atoms with Gasteiger partial charge in [0.1, 0.15) is 5.92 Å². The standard InChI is InChI=1S/C24H24N4O3/c29-22-16-6-2-3-7-19(16)26-14-18(22)23(30)27-21-13-20-15(8-9-25-20)12-17(21)24(31)28-10-4-1-5-11-28/h2-3,6-9,12-13,18,25-26H,1,4-5,10-11,14H2,(H,27,30). The van der Waals surface area contributed by atoms with Gasteiger partial charge in [0.15, 0.2) is 5.78 Å². The van der Waals surface area contributed by atoms with Crippen molar-refractivity contribution in [3.05, 3.63) is 59.8 Å². The summed E-state index contributed by atoms with van der Waals surface area (Å²) in [5.74, 6) is -1.56. The summed E-state index contributed by atoms with van der Waals surface area (Å²) in [6.45, 7) is 1.67. The molecule has 1 saturated heterocycles. The molecule has 7 heteroatoms. The highest BCUT2D eigenvalue weighted by atomic mass is 16.2. The zero-order valence-corrected chi connectivity index (χ0v) is 17.1. The molecule has 3 N–H and O–H groups in total. The summed E-state index contributed by atoms with van der Waals surface area (Å²) in [7, 11) is 0. The largest absolute Gasteiger partial charge is 0.383 e. The number of benzene rings is 2. The molecule has 2 aliphatic heterocycles. The zero-order chi connectivity index (χ0) is 21.4. The van der Waals surface area contributed by atoms with E-state index in [1.807, 2.05) is 29.2 Å². The number of piperidine rings is 1. The van der Waals surface area contributed by atoms with Crippen molar-refractivity contribution in [3.63, 3.8) is 0 Å². The Hall–Kier alpha value is -3.61. The summed E-state index contributed by atoms with van der Waals surface area (Å²) in [6.07, 6.45) is 4.91. The van der Waals surface area contributed by atoms with E-state index in [0.29, 0.717) is 16.8 Å². The molecule has 0 aliphatic carbocycles. The molecule has 0 bridgehead atoms. The Kier molecular flexibility index (Phi) is 4.94. The predicted octanol–water partition coefficient (Wildman–Crippen LogP) is 3.66. The summed E-state index contributed by atoms with van der Waals surface area (Å²) in [5.41, 5.74) is 2.97. The fourth-order valence-corrected chi connectivity index (χ4v) is 4.42. The minimum absolute atomic E-state index is 0.0865. The number of nitrogens with one attached hydrogen (secondary N) is 3. The first-order valence-corrected chi connectivity index (χ1v) is 10.7. The first kappa shape index (κ1) is 19.4. The molecule has 0 saturated carbocycles. The lowest BCUT2D eigenvalue weighted by molar-refractivity contribution is -0.118. The summed E-state index contributed by atoms with van der Waals surface area (Å²) >= 11 is 0. The van der Waals surface area contributed by atoms with Gasteiger partial charge in [0.25, 0.3) is 5.91 Å². The molecule has 1 fully saturated rings. The molecule has 0 spiro atoms. The normalized spacial score (nSPS) is 18.4. The summed E-state index contributed by atoms with van der Waals surface area (Å²) in [6, 6.07) is 12.7. The number of ketones is 1. The molecule has 1 atom stereocenters. The van der Waals surface area contributed by atoms with E-state index < -0.39 is 11.8 Å². The highest BCUT2D eigenvalue weighted by molar-refractivity contribution is 6.18. The molecular formula is C24H24N4O3. The number of aromatic nitrogens is 1. The van der Waals surface area contributed by atoms with Crippen molar-refractivity contribution in [2.75, 3.05) is 30.3 Å². The average Bonchev–Trinajstić information content (AvgIpc) is 3.26. The Balaban J connectivity index is 1.45. The van der Waals surface area contributed by atoms with Gasteiger partial charge in [-0.25, -0.2) is 0 Å². The number of fused-ring (bicyclic) bond motifs is 2. The molecule has 2 aromatic carbocycles. The fraction of sp³-hybridized carbons (Fsp3) is 0.292. The third kappa shape index (κ3) is 3.56. The van der Waals surface area contributed by atoms with Crippen molar-refractivity contribution in [3.8, 4) is 0 Å². The zero-order valence-electron chi connectivity index (χ0n) is 17.1. The fourth-order valence-electron chi connectivity index (χ4n) is 4.42. The molecule has 3 heterocycles. The van der Waals surface area contributed by atoms with Gasteiger partial charge in [0.2, 0.25) is 5.91 Å². The molecule has 158 valence electrons. The van der Waals surface area contributed by atoms with Gasteiger partial charge in [0.05, 0.1) is 11.3 Å². The first-order chi connectivity index (χ1) is 15.1. The molecule has 1 aromatic heterocycles. The van der Waals surface area contributed by atoms with Crippen LogP contribution in [0.1, 0.15) is 40.0 Å². The number of Topliss-reactive ketones (excluding diaryl/α,β-unsaturated/α-hetero) is 1. The van der Waals surface area contributed by atoms with Gasteiger partial charge >= 0.3 is 0 Å². The van der Waals surface area contributed by atoms with Crippen molar-refractivity contribution >= 4 is 39.9 Å². The van der Waals surface area contributed by atoms with Crippen LogP contribution in [0.5, 0.6) is 0 Å². The number of amides is 2.